The smallest absolute Gasteiger partial charge is 0.462 e. The number of phosphoric acid groups is 2. The van der Waals surface area contributed by atoms with Crippen molar-refractivity contribution in [2.75, 3.05) is 39.6 Å². The first-order chi connectivity index (χ1) is 42.7. The number of unbranched alkanes of at least 4 members (excludes halogenated alkanes) is 31. The van der Waals surface area contributed by atoms with Gasteiger partial charge in [-0.15, -0.1) is 0 Å². The summed E-state index contributed by atoms with van der Waals surface area (Å²) in [6.07, 6.45) is 41.6. The van der Waals surface area contributed by atoms with Gasteiger partial charge in [0.2, 0.25) is 0 Å². The molecule has 0 spiro atoms. The molecule has 0 aliphatic rings. The van der Waals surface area contributed by atoms with Gasteiger partial charge in [0.05, 0.1) is 26.4 Å². The maximum absolute atomic E-state index is 13.0. The Balaban J connectivity index is 5.27. The minimum Gasteiger partial charge on any atom is -0.462 e. The third kappa shape index (κ3) is 62.0. The third-order valence-corrected chi connectivity index (χ3v) is 18.7. The summed E-state index contributed by atoms with van der Waals surface area (Å²) in [6, 6.07) is 0. The summed E-state index contributed by atoms with van der Waals surface area (Å²) in [5.74, 6) is 0.895. The Morgan fingerprint density at radius 1 is 0.315 bits per heavy atom. The fraction of sp³-hybridized carbons (Fsp3) is 0.943. The molecule has 3 N–H and O–H groups in total. The van der Waals surface area contributed by atoms with E-state index in [1.807, 2.05) is 0 Å². The van der Waals surface area contributed by atoms with Crippen LogP contribution >= 0.6 is 15.6 Å². The van der Waals surface area contributed by atoms with Crippen LogP contribution in [-0.2, 0) is 65.4 Å². The van der Waals surface area contributed by atoms with Gasteiger partial charge in [-0.3, -0.25) is 37.3 Å². The van der Waals surface area contributed by atoms with Crippen molar-refractivity contribution in [3.8, 4) is 0 Å². The number of esters is 4. The molecule has 89 heavy (non-hydrogen) atoms. The summed E-state index contributed by atoms with van der Waals surface area (Å²) < 4.78 is 68.3. The Morgan fingerprint density at radius 3 is 0.798 bits per heavy atom. The molecule has 7 atom stereocenters. The van der Waals surface area contributed by atoms with Gasteiger partial charge in [-0.25, -0.2) is 9.13 Å². The average molecular weight is 1310 g/mol. The highest BCUT2D eigenvalue weighted by atomic mass is 31.2. The monoisotopic (exact) mass is 1310 g/mol. The van der Waals surface area contributed by atoms with Gasteiger partial charge in [0.15, 0.2) is 12.2 Å². The topological polar surface area (TPSA) is 237 Å². The van der Waals surface area contributed by atoms with Crippen LogP contribution in [-0.4, -0.2) is 96.7 Å². The molecule has 0 bridgehead atoms. The van der Waals surface area contributed by atoms with Crippen LogP contribution in [0.15, 0.2) is 0 Å². The zero-order valence-corrected chi connectivity index (χ0v) is 59.8. The van der Waals surface area contributed by atoms with Gasteiger partial charge in [0.25, 0.3) is 0 Å². The van der Waals surface area contributed by atoms with Crippen molar-refractivity contribution >= 4 is 39.5 Å². The second-order valence-corrected chi connectivity index (χ2v) is 29.6. The molecule has 4 unspecified atom stereocenters. The van der Waals surface area contributed by atoms with Crippen molar-refractivity contribution in [2.45, 2.75) is 363 Å². The van der Waals surface area contributed by atoms with Crippen molar-refractivity contribution in [3.63, 3.8) is 0 Å². The number of phosphoric ester groups is 2. The van der Waals surface area contributed by atoms with Crippen molar-refractivity contribution < 1.29 is 80.2 Å². The van der Waals surface area contributed by atoms with E-state index < -0.39 is 97.5 Å². The van der Waals surface area contributed by atoms with E-state index in [1.54, 1.807) is 0 Å². The Bertz CT molecular complexity index is 1770. The lowest BCUT2D eigenvalue weighted by molar-refractivity contribution is -0.161. The molecule has 528 valence electrons. The van der Waals surface area contributed by atoms with E-state index in [0.29, 0.717) is 25.7 Å². The standard InChI is InChI=1S/C70H136O17P2/c1-9-62(7)48-40-32-24-20-21-25-34-42-50-67(72)80-56-65(86-70(75)53-45-37-27-19-15-14-17-23-31-39-47-61(5)6)58-84-88(76,77)82-54-64(71)55-83-89(78,79)85-59-66(57-81-68(73)51-43-35-29-28-33-41-49-63(8)10-2)87-69(74)52-44-36-26-18-13-11-12-16-22-30-38-46-60(3)4/h60-66,71H,9-59H2,1-8H3,(H,76,77)(H,78,79)/t62?,63?,64-,65-,66-/m1/s1. The van der Waals surface area contributed by atoms with Crippen molar-refractivity contribution in [1.29, 1.82) is 0 Å². The number of aliphatic hydroxyl groups excluding tert-OH is 1. The van der Waals surface area contributed by atoms with E-state index >= 15 is 0 Å². The number of hydrogen-bond acceptors (Lipinski definition) is 15. The first kappa shape index (κ1) is 87.1. The molecule has 0 rings (SSSR count). The zero-order chi connectivity index (χ0) is 66.1. The van der Waals surface area contributed by atoms with E-state index in [0.717, 1.165) is 120 Å². The molecule has 0 amide bonds. The molecule has 0 saturated carbocycles. The van der Waals surface area contributed by atoms with E-state index in [4.69, 9.17) is 37.0 Å². The van der Waals surface area contributed by atoms with Crippen LogP contribution in [0.2, 0.25) is 0 Å². The van der Waals surface area contributed by atoms with E-state index in [2.05, 4.69) is 55.4 Å². The number of rotatable bonds is 67. The van der Waals surface area contributed by atoms with Crippen molar-refractivity contribution in [1.82, 2.24) is 0 Å². The summed E-state index contributed by atoms with van der Waals surface area (Å²) in [6.45, 7) is 14.1. The Hall–Kier alpha value is -1.94. The minimum absolute atomic E-state index is 0.105. The van der Waals surface area contributed by atoms with Crippen LogP contribution < -0.4 is 0 Å². The van der Waals surface area contributed by atoms with Crippen LogP contribution in [0.25, 0.3) is 0 Å². The second kappa shape index (κ2) is 59.8. The first-order valence-corrected chi connectivity index (χ1v) is 39.3. The fourth-order valence-electron chi connectivity index (χ4n) is 10.4. The molecule has 0 heterocycles. The maximum atomic E-state index is 13.0. The van der Waals surface area contributed by atoms with E-state index in [1.165, 1.54) is 141 Å². The number of ether oxygens (including phenoxy) is 4. The molecule has 0 radical (unpaired) electrons. The fourth-order valence-corrected chi connectivity index (χ4v) is 12.0. The highest BCUT2D eigenvalue weighted by Gasteiger charge is 2.30. The molecule has 0 aromatic carbocycles. The summed E-state index contributed by atoms with van der Waals surface area (Å²) >= 11 is 0. The van der Waals surface area contributed by atoms with Gasteiger partial charge < -0.3 is 33.8 Å². The molecular formula is C70H136O17P2. The summed E-state index contributed by atoms with van der Waals surface area (Å²) in [7, 11) is -9.90. The molecule has 19 heteroatoms. The van der Waals surface area contributed by atoms with Gasteiger partial charge in [-0.1, -0.05) is 293 Å². The quantitative estimate of drug-likeness (QED) is 0.0222. The summed E-state index contributed by atoms with van der Waals surface area (Å²) in [5.41, 5.74) is 0. The SMILES string of the molecule is CCC(C)CCCCCCCCCCC(=O)OC[C@H](COP(=O)(O)OC[C@@H](O)COP(=O)(O)OC[C@@H](COC(=O)CCCCCCCCC(C)CC)OC(=O)CCCCCCCCCCCCCC(C)C)OC(=O)CCCCCCCCCCCCC(C)C. The average Bonchev–Trinajstić information content (AvgIpc) is 3.71. The molecule has 0 aliphatic carbocycles. The number of carbonyl (C=O) groups excluding carboxylic acids is 4. The molecule has 17 nitrogen and oxygen atoms in total. The normalized spacial score (nSPS) is 14.9. The van der Waals surface area contributed by atoms with E-state index in [-0.39, 0.29) is 25.7 Å². The van der Waals surface area contributed by atoms with Gasteiger partial charge in [0, 0.05) is 25.7 Å². The molecule has 0 saturated heterocycles. The summed E-state index contributed by atoms with van der Waals surface area (Å²) in [4.78, 5) is 72.6. The van der Waals surface area contributed by atoms with Gasteiger partial charge in [-0.05, 0) is 49.4 Å². The zero-order valence-electron chi connectivity index (χ0n) is 58.1. The van der Waals surface area contributed by atoms with Crippen LogP contribution in [0.5, 0.6) is 0 Å². The number of aliphatic hydroxyl groups is 1. The Morgan fingerprint density at radius 2 is 0.539 bits per heavy atom. The van der Waals surface area contributed by atoms with Gasteiger partial charge in [0.1, 0.15) is 19.3 Å². The highest BCUT2D eigenvalue weighted by molar-refractivity contribution is 7.47. The van der Waals surface area contributed by atoms with Crippen LogP contribution in [0, 0.1) is 23.7 Å². The maximum Gasteiger partial charge on any atom is 0.472 e. The largest absolute Gasteiger partial charge is 0.472 e. The van der Waals surface area contributed by atoms with Crippen molar-refractivity contribution in [3.05, 3.63) is 0 Å². The van der Waals surface area contributed by atoms with Crippen LogP contribution in [0.4, 0.5) is 0 Å². The molecule has 0 aliphatic heterocycles. The van der Waals surface area contributed by atoms with Gasteiger partial charge in [-0.2, -0.15) is 0 Å². The number of hydrogen-bond donors (Lipinski definition) is 3. The summed E-state index contributed by atoms with van der Waals surface area (Å²) in [5, 5.41) is 10.6. The predicted octanol–water partition coefficient (Wildman–Crippen LogP) is 19.7. The lowest BCUT2D eigenvalue weighted by Gasteiger charge is -2.21. The first-order valence-electron chi connectivity index (χ1n) is 36.3. The predicted molar refractivity (Wildman–Crippen MR) is 358 cm³/mol. The molecular weight excluding hydrogens is 1170 g/mol. The van der Waals surface area contributed by atoms with Crippen LogP contribution in [0.3, 0.4) is 0 Å². The van der Waals surface area contributed by atoms with E-state index in [9.17, 15) is 43.2 Å². The molecule has 0 aromatic heterocycles. The molecule has 0 aromatic rings. The van der Waals surface area contributed by atoms with Crippen LogP contribution in [0.1, 0.15) is 344 Å². The Labute approximate surface area is 543 Å². The minimum atomic E-state index is -4.95. The van der Waals surface area contributed by atoms with Crippen molar-refractivity contribution in [2.24, 2.45) is 23.7 Å². The second-order valence-electron chi connectivity index (χ2n) is 26.7. The lowest BCUT2D eigenvalue weighted by Crippen LogP contribution is -2.30. The third-order valence-electron chi connectivity index (χ3n) is 16.8. The Kier molecular flexibility index (Phi) is 58.5. The highest BCUT2D eigenvalue weighted by Crippen LogP contribution is 2.45. The number of carbonyl (C=O) groups is 4. The van der Waals surface area contributed by atoms with Gasteiger partial charge >= 0.3 is 39.5 Å². The lowest BCUT2D eigenvalue weighted by atomic mass is 9.99. The molecule has 0 fully saturated rings.